The van der Waals surface area contributed by atoms with Gasteiger partial charge in [0.05, 0.1) is 0 Å². The van der Waals surface area contributed by atoms with Gasteiger partial charge in [0, 0.05) is 6.04 Å². The fraction of sp³-hybridized carbons (Fsp3) is 0.571. The third-order valence-electron chi connectivity index (χ3n) is 3.54. The molecule has 0 aromatic heterocycles. The maximum Gasteiger partial charge on any atom is 0.00416 e. The Bertz CT molecular complexity index is 302. The van der Waals surface area contributed by atoms with Crippen LogP contribution >= 0.6 is 0 Å². The van der Waals surface area contributed by atoms with Crippen LogP contribution in [0.5, 0.6) is 0 Å². The zero-order valence-electron chi connectivity index (χ0n) is 9.58. The smallest absolute Gasteiger partial charge is 0.00416 e. The third-order valence-corrected chi connectivity index (χ3v) is 3.54. The Morgan fingerprint density at radius 2 is 1.80 bits per heavy atom. The van der Waals surface area contributed by atoms with E-state index in [4.69, 9.17) is 5.73 Å². The van der Waals surface area contributed by atoms with Crippen LogP contribution < -0.4 is 5.73 Å². The number of aryl methyl sites for hydroxylation is 1. The molecule has 0 amide bonds. The summed E-state index contributed by atoms with van der Waals surface area (Å²) in [5.74, 6) is 0.826. The van der Waals surface area contributed by atoms with Crippen molar-refractivity contribution < 1.29 is 0 Å². The minimum absolute atomic E-state index is 0.463. The molecule has 2 atom stereocenters. The summed E-state index contributed by atoms with van der Waals surface area (Å²) in [5.41, 5.74) is 8.83. The maximum atomic E-state index is 5.92. The third kappa shape index (κ3) is 2.82. The SMILES string of the molecule is CCc1ccc(CC2CCC(N)C2)cc1. The molecule has 0 heterocycles. The van der Waals surface area contributed by atoms with Crippen LogP contribution in [0.3, 0.4) is 0 Å². The van der Waals surface area contributed by atoms with Gasteiger partial charge in [0.1, 0.15) is 0 Å². The Kier molecular flexibility index (Phi) is 3.42. The quantitative estimate of drug-likeness (QED) is 0.803. The van der Waals surface area contributed by atoms with Crippen molar-refractivity contribution in [3.05, 3.63) is 35.4 Å². The lowest BCUT2D eigenvalue weighted by Gasteiger charge is -2.09. The Hall–Kier alpha value is -0.820. The van der Waals surface area contributed by atoms with Gasteiger partial charge < -0.3 is 5.73 Å². The highest BCUT2D eigenvalue weighted by molar-refractivity contribution is 5.23. The Labute approximate surface area is 92.7 Å². The van der Waals surface area contributed by atoms with Crippen molar-refractivity contribution in [2.45, 2.75) is 45.1 Å². The van der Waals surface area contributed by atoms with E-state index < -0.39 is 0 Å². The van der Waals surface area contributed by atoms with Gasteiger partial charge in [-0.25, -0.2) is 0 Å². The second-order valence-electron chi connectivity index (χ2n) is 4.81. The van der Waals surface area contributed by atoms with Crippen molar-refractivity contribution in [2.75, 3.05) is 0 Å². The highest BCUT2D eigenvalue weighted by atomic mass is 14.6. The molecule has 2 rings (SSSR count). The molecule has 1 nitrogen and oxygen atoms in total. The largest absolute Gasteiger partial charge is 0.328 e. The molecule has 1 heteroatoms. The number of hydrogen-bond donors (Lipinski definition) is 1. The Balaban J connectivity index is 1.93. The average Bonchev–Trinajstić information content (AvgIpc) is 2.65. The summed E-state index contributed by atoms with van der Waals surface area (Å²) in [5, 5.41) is 0. The summed E-state index contributed by atoms with van der Waals surface area (Å²) in [6.07, 6.45) is 6.11. The molecule has 1 aromatic carbocycles. The zero-order valence-corrected chi connectivity index (χ0v) is 9.58. The van der Waals surface area contributed by atoms with Crippen molar-refractivity contribution in [3.8, 4) is 0 Å². The molecule has 0 spiro atoms. The molecule has 2 N–H and O–H groups in total. The van der Waals surface area contributed by atoms with E-state index in [-0.39, 0.29) is 0 Å². The Morgan fingerprint density at radius 3 is 2.33 bits per heavy atom. The predicted octanol–water partition coefficient (Wildman–Crippen LogP) is 2.92. The van der Waals surface area contributed by atoms with Crippen molar-refractivity contribution in [2.24, 2.45) is 11.7 Å². The van der Waals surface area contributed by atoms with Crippen molar-refractivity contribution >= 4 is 0 Å². The van der Waals surface area contributed by atoms with Gasteiger partial charge in [0.15, 0.2) is 0 Å². The Morgan fingerprint density at radius 1 is 1.13 bits per heavy atom. The van der Waals surface area contributed by atoms with E-state index in [1.54, 1.807) is 0 Å². The van der Waals surface area contributed by atoms with Crippen molar-refractivity contribution in [1.82, 2.24) is 0 Å². The van der Waals surface area contributed by atoms with Crippen LogP contribution in [-0.2, 0) is 12.8 Å². The van der Waals surface area contributed by atoms with Gasteiger partial charge in [-0.05, 0) is 49.1 Å². The second kappa shape index (κ2) is 4.80. The molecule has 1 saturated carbocycles. The molecular formula is C14H21N. The lowest BCUT2D eigenvalue weighted by atomic mass is 9.97. The van der Waals surface area contributed by atoms with Crippen LogP contribution in [0.4, 0.5) is 0 Å². The number of nitrogens with two attached hydrogens (primary N) is 1. The van der Waals surface area contributed by atoms with Crippen LogP contribution in [0.2, 0.25) is 0 Å². The lowest BCUT2D eigenvalue weighted by molar-refractivity contribution is 0.535. The molecule has 0 aliphatic heterocycles. The molecule has 0 radical (unpaired) electrons. The van der Waals surface area contributed by atoms with E-state index in [1.807, 2.05) is 0 Å². The minimum atomic E-state index is 0.463. The molecule has 15 heavy (non-hydrogen) atoms. The first-order valence-corrected chi connectivity index (χ1v) is 6.11. The van der Waals surface area contributed by atoms with E-state index in [1.165, 1.54) is 36.8 Å². The average molecular weight is 203 g/mol. The van der Waals surface area contributed by atoms with Crippen LogP contribution in [-0.4, -0.2) is 6.04 Å². The fourth-order valence-electron chi connectivity index (χ4n) is 2.54. The van der Waals surface area contributed by atoms with Gasteiger partial charge in [-0.3, -0.25) is 0 Å². The van der Waals surface area contributed by atoms with Crippen molar-refractivity contribution in [3.63, 3.8) is 0 Å². The summed E-state index contributed by atoms with van der Waals surface area (Å²) in [7, 11) is 0. The van der Waals surface area contributed by atoms with Crippen molar-refractivity contribution in [1.29, 1.82) is 0 Å². The number of hydrogen-bond acceptors (Lipinski definition) is 1. The van der Waals surface area contributed by atoms with E-state index in [9.17, 15) is 0 Å². The summed E-state index contributed by atoms with van der Waals surface area (Å²) in [6.45, 7) is 2.20. The van der Waals surface area contributed by atoms with Gasteiger partial charge in [0.2, 0.25) is 0 Å². The van der Waals surface area contributed by atoms with Crippen LogP contribution in [0.25, 0.3) is 0 Å². The van der Waals surface area contributed by atoms with Crippen LogP contribution in [0, 0.1) is 5.92 Å². The maximum absolute atomic E-state index is 5.92. The number of benzene rings is 1. The van der Waals surface area contributed by atoms with E-state index >= 15 is 0 Å². The van der Waals surface area contributed by atoms with Crippen LogP contribution in [0.15, 0.2) is 24.3 Å². The summed E-state index contributed by atoms with van der Waals surface area (Å²) < 4.78 is 0. The van der Waals surface area contributed by atoms with E-state index in [2.05, 4.69) is 31.2 Å². The fourth-order valence-corrected chi connectivity index (χ4v) is 2.54. The van der Waals surface area contributed by atoms with Gasteiger partial charge in [-0.2, -0.15) is 0 Å². The van der Waals surface area contributed by atoms with Gasteiger partial charge >= 0.3 is 0 Å². The molecule has 2 unspecified atom stereocenters. The topological polar surface area (TPSA) is 26.0 Å². The second-order valence-corrected chi connectivity index (χ2v) is 4.81. The molecule has 1 fully saturated rings. The predicted molar refractivity (Wildman–Crippen MR) is 64.8 cm³/mol. The van der Waals surface area contributed by atoms with Gasteiger partial charge in [-0.1, -0.05) is 31.2 Å². The first kappa shape index (κ1) is 10.7. The highest BCUT2D eigenvalue weighted by Gasteiger charge is 2.21. The first-order chi connectivity index (χ1) is 7.28. The first-order valence-electron chi connectivity index (χ1n) is 6.11. The van der Waals surface area contributed by atoms with Crippen LogP contribution in [0.1, 0.15) is 37.3 Å². The van der Waals surface area contributed by atoms with E-state index in [0.717, 1.165) is 12.3 Å². The molecule has 0 saturated heterocycles. The minimum Gasteiger partial charge on any atom is -0.328 e. The molecule has 1 aliphatic carbocycles. The monoisotopic (exact) mass is 203 g/mol. The highest BCUT2D eigenvalue weighted by Crippen LogP contribution is 2.27. The number of rotatable bonds is 3. The zero-order chi connectivity index (χ0) is 10.7. The molecule has 1 aliphatic rings. The van der Waals surface area contributed by atoms with Gasteiger partial charge in [-0.15, -0.1) is 0 Å². The molecule has 82 valence electrons. The summed E-state index contributed by atoms with van der Waals surface area (Å²) >= 11 is 0. The standard InChI is InChI=1S/C14H21N/c1-2-11-3-5-12(6-4-11)9-13-7-8-14(15)10-13/h3-6,13-14H,2,7-10,15H2,1H3. The molecule has 0 bridgehead atoms. The molecular weight excluding hydrogens is 182 g/mol. The molecule has 1 aromatic rings. The summed E-state index contributed by atoms with van der Waals surface area (Å²) in [6, 6.07) is 9.53. The summed E-state index contributed by atoms with van der Waals surface area (Å²) in [4.78, 5) is 0. The van der Waals surface area contributed by atoms with Gasteiger partial charge in [0.25, 0.3) is 0 Å². The normalized spacial score (nSPS) is 25.7. The van der Waals surface area contributed by atoms with E-state index in [0.29, 0.717) is 6.04 Å². The lowest BCUT2D eigenvalue weighted by Crippen LogP contribution is -2.15.